The largest absolute Gasteiger partial charge is 0.393 e. The highest BCUT2D eigenvalue weighted by Gasteiger charge is 2.46. The molecule has 3 atom stereocenters. The van der Waals surface area contributed by atoms with E-state index >= 15 is 0 Å². The van der Waals surface area contributed by atoms with Gasteiger partial charge in [0.2, 0.25) is 0 Å². The molecule has 0 aromatic carbocycles. The molecule has 1 fully saturated rings. The average molecular weight is 201 g/mol. The Morgan fingerprint density at radius 1 is 1.50 bits per heavy atom. The van der Waals surface area contributed by atoms with Gasteiger partial charge in [0.1, 0.15) is 0 Å². The molecular formula is C11H23NO2. The fraction of sp³-hybridized carbons (Fsp3) is 1.00. The maximum Gasteiger partial charge on any atom is 0.0621 e. The summed E-state index contributed by atoms with van der Waals surface area (Å²) in [6, 6.07) is 0.404. The Bertz CT molecular complexity index is 182. The Morgan fingerprint density at radius 2 is 2.14 bits per heavy atom. The smallest absolute Gasteiger partial charge is 0.0621 e. The predicted octanol–water partition coefficient (Wildman–Crippen LogP) is 0.896. The highest BCUT2D eigenvalue weighted by Crippen LogP contribution is 2.40. The quantitative estimate of drug-likeness (QED) is 0.619. The van der Waals surface area contributed by atoms with Gasteiger partial charge in [0.15, 0.2) is 0 Å². The van der Waals surface area contributed by atoms with Gasteiger partial charge in [0, 0.05) is 11.5 Å². The highest BCUT2D eigenvalue weighted by molar-refractivity contribution is 5.01. The Hall–Kier alpha value is -0.120. The third-order valence-electron chi connectivity index (χ3n) is 3.56. The van der Waals surface area contributed by atoms with Crippen LogP contribution in [-0.4, -0.2) is 35.0 Å². The first-order valence-electron chi connectivity index (χ1n) is 5.58. The molecule has 0 aromatic heterocycles. The zero-order valence-electron chi connectivity index (χ0n) is 9.45. The number of nitrogens with one attached hydrogen (secondary N) is 1. The number of aliphatic hydroxyl groups is 2. The Balaban J connectivity index is 2.15. The second kappa shape index (κ2) is 4.60. The van der Waals surface area contributed by atoms with E-state index in [1.54, 1.807) is 0 Å². The van der Waals surface area contributed by atoms with Crippen molar-refractivity contribution in [3.8, 4) is 0 Å². The zero-order valence-corrected chi connectivity index (χ0v) is 9.45. The topological polar surface area (TPSA) is 52.5 Å². The van der Waals surface area contributed by atoms with Crippen molar-refractivity contribution in [1.82, 2.24) is 5.32 Å². The maximum atomic E-state index is 9.51. The van der Waals surface area contributed by atoms with Gasteiger partial charge < -0.3 is 15.5 Å². The summed E-state index contributed by atoms with van der Waals surface area (Å²) < 4.78 is 0. The van der Waals surface area contributed by atoms with Gasteiger partial charge in [0.25, 0.3) is 0 Å². The number of hydrogen-bond acceptors (Lipinski definition) is 3. The minimum Gasteiger partial charge on any atom is -0.393 e. The van der Waals surface area contributed by atoms with Crippen LogP contribution in [0, 0.1) is 5.41 Å². The predicted molar refractivity (Wildman–Crippen MR) is 57.1 cm³/mol. The molecule has 3 heteroatoms. The first-order chi connectivity index (χ1) is 6.48. The molecule has 3 nitrogen and oxygen atoms in total. The summed E-state index contributed by atoms with van der Waals surface area (Å²) in [5.74, 6) is 0. The summed E-state index contributed by atoms with van der Waals surface area (Å²) in [5, 5.41) is 22.3. The molecule has 14 heavy (non-hydrogen) atoms. The molecule has 0 aromatic rings. The van der Waals surface area contributed by atoms with Gasteiger partial charge in [-0.25, -0.2) is 0 Å². The van der Waals surface area contributed by atoms with E-state index in [4.69, 9.17) is 0 Å². The van der Waals surface area contributed by atoms with Crippen molar-refractivity contribution >= 4 is 0 Å². The summed E-state index contributed by atoms with van der Waals surface area (Å²) in [6.07, 6.45) is 2.11. The van der Waals surface area contributed by atoms with Crippen LogP contribution in [0.25, 0.3) is 0 Å². The third-order valence-corrected chi connectivity index (χ3v) is 3.56. The van der Waals surface area contributed by atoms with E-state index in [1.165, 1.54) is 0 Å². The van der Waals surface area contributed by atoms with Crippen molar-refractivity contribution in [2.75, 3.05) is 6.54 Å². The molecule has 1 aliphatic rings. The van der Waals surface area contributed by atoms with Crippen LogP contribution in [-0.2, 0) is 0 Å². The molecule has 0 heterocycles. The molecular weight excluding hydrogens is 178 g/mol. The molecule has 0 aliphatic heterocycles. The minimum absolute atomic E-state index is 0.00281. The van der Waals surface area contributed by atoms with Gasteiger partial charge in [-0.1, -0.05) is 20.8 Å². The lowest BCUT2D eigenvalue weighted by Crippen LogP contribution is -2.60. The lowest BCUT2D eigenvalue weighted by Gasteiger charge is -2.49. The molecule has 0 saturated heterocycles. The molecule has 1 rings (SSSR count). The molecule has 84 valence electrons. The first-order valence-corrected chi connectivity index (χ1v) is 5.58. The third kappa shape index (κ3) is 2.47. The summed E-state index contributed by atoms with van der Waals surface area (Å²) in [7, 11) is 0. The van der Waals surface area contributed by atoms with E-state index in [2.05, 4.69) is 19.2 Å². The van der Waals surface area contributed by atoms with Crippen LogP contribution >= 0.6 is 0 Å². The zero-order chi connectivity index (χ0) is 10.8. The van der Waals surface area contributed by atoms with E-state index in [9.17, 15) is 10.2 Å². The second-order valence-electron chi connectivity index (χ2n) is 4.93. The van der Waals surface area contributed by atoms with E-state index in [0.717, 1.165) is 25.8 Å². The normalized spacial score (nSPS) is 32.4. The standard InChI is InChI=1S/C11H23NO2/c1-4-8(13)5-6-12-9-7-10(14)11(9,2)3/h8-10,12-14H,4-7H2,1-3H3. The summed E-state index contributed by atoms with van der Waals surface area (Å²) >= 11 is 0. The SMILES string of the molecule is CCC(O)CCNC1CC(O)C1(C)C. The van der Waals surface area contributed by atoms with E-state index in [-0.39, 0.29) is 17.6 Å². The summed E-state index contributed by atoms with van der Waals surface area (Å²) in [5.41, 5.74) is -0.00281. The van der Waals surface area contributed by atoms with Crippen molar-refractivity contribution in [2.24, 2.45) is 5.41 Å². The Kier molecular flexibility index (Phi) is 3.93. The first kappa shape index (κ1) is 12.0. The van der Waals surface area contributed by atoms with E-state index < -0.39 is 0 Å². The Labute approximate surface area is 86.5 Å². The van der Waals surface area contributed by atoms with Crippen molar-refractivity contribution in [3.05, 3.63) is 0 Å². The van der Waals surface area contributed by atoms with Crippen LogP contribution in [0.4, 0.5) is 0 Å². The average Bonchev–Trinajstić information content (AvgIpc) is 2.16. The molecule has 0 amide bonds. The van der Waals surface area contributed by atoms with Crippen molar-refractivity contribution in [1.29, 1.82) is 0 Å². The van der Waals surface area contributed by atoms with Crippen molar-refractivity contribution in [2.45, 2.75) is 58.3 Å². The van der Waals surface area contributed by atoms with Gasteiger partial charge in [-0.15, -0.1) is 0 Å². The number of aliphatic hydroxyl groups excluding tert-OH is 2. The monoisotopic (exact) mass is 201 g/mol. The van der Waals surface area contributed by atoms with Gasteiger partial charge in [-0.3, -0.25) is 0 Å². The van der Waals surface area contributed by atoms with Crippen molar-refractivity contribution in [3.63, 3.8) is 0 Å². The molecule has 3 unspecified atom stereocenters. The van der Waals surface area contributed by atoms with Crippen LogP contribution in [0.5, 0.6) is 0 Å². The van der Waals surface area contributed by atoms with Crippen LogP contribution in [0.2, 0.25) is 0 Å². The molecule has 0 spiro atoms. The lowest BCUT2D eigenvalue weighted by atomic mass is 9.64. The van der Waals surface area contributed by atoms with Gasteiger partial charge in [-0.05, 0) is 25.8 Å². The molecule has 0 radical (unpaired) electrons. The van der Waals surface area contributed by atoms with Crippen LogP contribution in [0.1, 0.15) is 40.0 Å². The van der Waals surface area contributed by atoms with Gasteiger partial charge in [-0.2, -0.15) is 0 Å². The fourth-order valence-corrected chi connectivity index (χ4v) is 1.88. The summed E-state index contributed by atoms with van der Waals surface area (Å²) in [6.45, 7) is 6.99. The number of rotatable bonds is 5. The minimum atomic E-state index is -0.185. The van der Waals surface area contributed by atoms with E-state index in [1.807, 2.05) is 6.92 Å². The van der Waals surface area contributed by atoms with Crippen LogP contribution in [0.3, 0.4) is 0 Å². The van der Waals surface area contributed by atoms with Crippen LogP contribution in [0.15, 0.2) is 0 Å². The highest BCUT2D eigenvalue weighted by atomic mass is 16.3. The van der Waals surface area contributed by atoms with Gasteiger partial charge in [0.05, 0.1) is 12.2 Å². The van der Waals surface area contributed by atoms with E-state index in [0.29, 0.717) is 6.04 Å². The molecule has 1 saturated carbocycles. The molecule has 1 aliphatic carbocycles. The summed E-state index contributed by atoms with van der Waals surface area (Å²) in [4.78, 5) is 0. The van der Waals surface area contributed by atoms with Crippen molar-refractivity contribution < 1.29 is 10.2 Å². The van der Waals surface area contributed by atoms with Gasteiger partial charge >= 0.3 is 0 Å². The lowest BCUT2D eigenvalue weighted by molar-refractivity contribution is -0.0728. The van der Waals surface area contributed by atoms with Crippen LogP contribution < -0.4 is 5.32 Å². The molecule has 3 N–H and O–H groups in total. The second-order valence-corrected chi connectivity index (χ2v) is 4.93. The maximum absolute atomic E-state index is 9.51. The molecule has 0 bridgehead atoms. The fourth-order valence-electron chi connectivity index (χ4n) is 1.88. The number of hydrogen-bond donors (Lipinski definition) is 3. The Morgan fingerprint density at radius 3 is 2.57 bits per heavy atom.